The van der Waals surface area contributed by atoms with Gasteiger partial charge in [-0.3, -0.25) is 10.2 Å². The van der Waals surface area contributed by atoms with Gasteiger partial charge in [-0.2, -0.15) is 0 Å². The Labute approximate surface area is 112 Å². The Morgan fingerprint density at radius 3 is 2.79 bits per heavy atom. The lowest BCUT2D eigenvalue weighted by atomic mass is 9.96. The summed E-state index contributed by atoms with van der Waals surface area (Å²) in [5.41, 5.74) is 5.53. The third-order valence-electron chi connectivity index (χ3n) is 3.68. The fourth-order valence-electron chi connectivity index (χ4n) is 2.55. The number of nitrogens with zero attached hydrogens (tertiary/aromatic N) is 1. The van der Waals surface area contributed by atoms with Crippen molar-refractivity contribution in [2.24, 2.45) is 0 Å². The molecule has 1 aromatic carbocycles. The highest BCUT2D eigenvalue weighted by atomic mass is 16.5. The van der Waals surface area contributed by atoms with Crippen molar-refractivity contribution in [3.05, 3.63) is 35.4 Å². The van der Waals surface area contributed by atoms with Crippen LogP contribution in [0.5, 0.6) is 0 Å². The lowest BCUT2D eigenvalue weighted by Gasteiger charge is -2.31. The number of hydrogen-bond acceptors (Lipinski definition) is 4. The van der Waals surface area contributed by atoms with Gasteiger partial charge >= 0.3 is 0 Å². The predicted octanol–water partition coefficient (Wildman–Crippen LogP) is 0.0643. The highest BCUT2D eigenvalue weighted by Gasteiger charge is 2.25. The minimum atomic E-state index is -0.141. The molecule has 0 aromatic heterocycles. The second-order valence-electron chi connectivity index (χ2n) is 4.98. The molecule has 0 spiro atoms. The van der Waals surface area contributed by atoms with Gasteiger partial charge in [0.05, 0.1) is 19.3 Å². The van der Waals surface area contributed by atoms with Crippen molar-refractivity contribution in [3.63, 3.8) is 0 Å². The SMILES string of the molecule is O=C(NN1CCOCC1)C1Cc2ccccc2CN1. The molecule has 2 aliphatic rings. The van der Waals surface area contributed by atoms with Crippen molar-refractivity contribution in [1.29, 1.82) is 0 Å². The Kier molecular flexibility index (Phi) is 3.77. The van der Waals surface area contributed by atoms with Crippen LogP contribution in [0.15, 0.2) is 24.3 Å². The van der Waals surface area contributed by atoms with Gasteiger partial charge in [0.25, 0.3) is 5.91 Å². The molecule has 2 heterocycles. The first-order valence-electron chi connectivity index (χ1n) is 6.76. The number of morpholine rings is 1. The Bertz CT molecular complexity index is 458. The molecular formula is C14H19N3O2. The summed E-state index contributed by atoms with van der Waals surface area (Å²) in [4.78, 5) is 12.2. The Morgan fingerprint density at radius 2 is 2.00 bits per heavy atom. The Morgan fingerprint density at radius 1 is 1.26 bits per heavy atom. The van der Waals surface area contributed by atoms with Crippen LogP contribution >= 0.6 is 0 Å². The molecule has 19 heavy (non-hydrogen) atoms. The molecule has 1 atom stereocenters. The maximum atomic E-state index is 12.2. The van der Waals surface area contributed by atoms with Gasteiger partial charge in [-0.15, -0.1) is 0 Å². The molecule has 3 rings (SSSR count). The molecule has 5 nitrogen and oxygen atoms in total. The average molecular weight is 261 g/mol. The molecule has 102 valence electrons. The molecule has 1 unspecified atom stereocenters. The van der Waals surface area contributed by atoms with Crippen molar-refractivity contribution in [3.8, 4) is 0 Å². The summed E-state index contributed by atoms with van der Waals surface area (Å²) in [7, 11) is 0. The van der Waals surface area contributed by atoms with E-state index in [4.69, 9.17) is 4.74 Å². The number of amides is 1. The van der Waals surface area contributed by atoms with Crippen LogP contribution < -0.4 is 10.7 Å². The molecule has 2 N–H and O–H groups in total. The zero-order valence-electron chi connectivity index (χ0n) is 10.9. The Hall–Kier alpha value is -1.43. The highest BCUT2D eigenvalue weighted by Crippen LogP contribution is 2.16. The maximum absolute atomic E-state index is 12.2. The molecule has 1 saturated heterocycles. The lowest BCUT2D eigenvalue weighted by Crippen LogP contribution is -2.55. The van der Waals surface area contributed by atoms with Gasteiger partial charge in [-0.05, 0) is 17.5 Å². The van der Waals surface area contributed by atoms with Crippen molar-refractivity contribution in [2.75, 3.05) is 26.3 Å². The number of hydrogen-bond donors (Lipinski definition) is 2. The van der Waals surface area contributed by atoms with E-state index in [0.29, 0.717) is 13.2 Å². The van der Waals surface area contributed by atoms with Crippen LogP contribution in [0.25, 0.3) is 0 Å². The minimum absolute atomic E-state index is 0.0522. The minimum Gasteiger partial charge on any atom is -0.379 e. The van der Waals surface area contributed by atoms with Gasteiger partial charge in [0.2, 0.25) is 0 Å². The van der Waals surface area contributed by atoms with Gasteiger partial charge in [-0.25, -0.2) is 5.01 Å². The van der Waals surface area contributed by atoms with Crippen LogP contribution in [-0.2, 0) is 22.5 Å². The summed E-state index contributed by atoms with van der Waals surface area (Å²) in [6.07, 6.45) is 0.756. The number of hydrazine groups is 1. The number of nitrogens with one attached hydrogen (secondary N) is 2. The summed E-state index contributed by atoms with van der Waals surface area (Å²) >= 11 is 0. The van der Waals surface area contributed by atoms with Crippen molar-refractivity contribution in [1.82, 2.24) is 15.8 Å². The van der Waals surface area contributed by atoms with E-state index in [1.165, 1.54) is 11.1 Å². The van der Waals surface area contributed by atoms with E-state index < -0.39 is 0 Å². The zero-order chi connectivity index (χ0) is 13.1. The van der Waals surface area contributed by atoms with Gasteiger partial charge in [0.15, 0.2) is 0 Å². The fourth-order valence-corrected chi connectivity index (χ4v) is 2.55. The highest BCUT2D eigenvalue weighted by molar-refractivity contribution is 5.82. The lowest BCUT2D eigenvalue weighted by molar-refractivity contribution is -0.130. The molecule has 1 amide bonds. The first-order valence-corrected chi connectivity index (χ1v) is 6.76. The largest absolute Gasteiger partial charge is 0.379 e. The van der Waals surface area contributed by atoms with Crippen LogP contribution in [0.1, 0.15) is 11.1 Å². The van der Waals surface area contributed by atoms with Crippen molar-refractivity contribution < 1.29 is 9.53 Å². The van der Waals surface area contributed by atoms with Crippen LogP contribution in [0.2, 0.25) is 0 Å². The molecule has 1 fully saturated rings. The maximum Gasteiger partial charge on any atom is 0.251 e. The second kappa shape index (κ2) is 5.69. The third-order valence-corrected chi connectivity index (χ3v) is 3.68. The number of fused-ring (bicyclic) bond motifs is 1. The number of benzene rings is 1. The second-order valence-corrected chi connectivity index (χ2v) is 4.98. The summed E-state index contributed by atoms with van der Waals surface area (Å²) in [5.74, 6) is 0.0522. The fraction of sp³-hybridized carbons (Fsp3) is 0.500. The summed E-state index contributed by atoms with van der Waals surface area (Å²) in [5, 5.41) is 5.23. The molecule has 1 aromatic rings. The molecule has 2 aliphatic heterocycles. The standard InChI is InChI=1S/C14H19N3O2/c18-14(16-17-5-7-19-8-6-17)13-9-11-3-1-2-4-12(11)10-15-13/h1-4,13,15H,5-10H2,(H,16,18). The first kappa shape index (κ1) is 12.6. The molecular weight excluding hydrogens is 242 g/mol. The van der Waals surface area contributed by atoms with Gasteiger partial charge < -0.3 is 10.1 Å². The van der Waals surface area contributed by atoms with Crippen LogP contribution in [0, 0.1) is 0 Å². The van der Waals surface area contributed by atoms with Gasteiger partial charge in [0.1, 0.15) is 0 Å². The number of rotatable bonds is 2. The zero-order valence-corrected chi connectivity index (χ0v) is 10.9. The van der Waals surface area contributed by atoms with E-state index in [-0.39, 0.29) is 11.9 Å². The van der Waals surface area contributed by atoms with Crippen molar-refractivity contribution in [2.45, 2.75) is 19.0 Å². The smallest absolute Gasteiger partial charge is 0.251 e. The van der Waals surface area contributed by atoms with E-state index in [0.717, 1.165) is 26.1 Å². The number of carbonyl (C=O) groups is 1. The monoisotopic (exact) mass is 261 g/mol. The van der Waals surface area contributed by atoms with Crippen LogP contribution in [0.3, 0.4) is 0 Å². The summed E-state index contributed by atoms with van der Waals surface area (Å²) in [6.45, 7) is 3.64. The van der Waals surface area contributed by atoms with Crippen LogP contribution in [0.4, 0.5) is 0 Å². The molecule has 5 heteroatoms. The average Bonchev–Trinajstić information content (AvgIpc) is 2.48. The van der Waals surface area contributed by atoms with Crippen LogP contribution in [-0.4, -0.2) is 43.3 Å². The van der Waals surface area contributed by atoms with Gasteiger partial charge in [-0.1, -0.05) is 24.3 Å². The topological polar surface area (TPSA) is 53.6 Å². The van der Waals surface area contributed by atoms with E-state index in [1.54, 1.807) is 0 Å². The molecule has 0 bridgehead atoms. The quantitative estimate of drug-likeness (QED) is 0.791. The molecule has 0 saturated carbocycles. The Balaban J connectivity index is 1.59. The first-order chi connectivity index (χ1) is 9.33. The third kappa shape index (κ3) is 2.94. The molecule has 0 aliphatic carbocycles. The predicted molar refractivity (Wildman–Crippen MR) is 71.3 cm³/mol. The summed E-state index contributed by atoms with van der Waals surface area (Å²) < 4.78 is 5.26. The van der Waals surface area contributed by atoms with E-state index in [9.17, 15) is 4.79 Å². The number of carbonyl (C=O) groups excluding carboxylic acids is 1. The van der Waals surface area contributed by atoms with E-state index >= 15 is 0 Å². The van der Waals surface area contributed by atoms with Crippen molar-refractivity contribution >= 4 is 5.91 Å². The number of ether oxygens (including phenoxy) is 1. The van der Waals surface area contributed by atoms with E-state index in [2.05, 4.69) is 22.9 Å². The van der Waals surface area contributed by atoms with Gasteiger partial charge in [0, 0.05) is 19.6 Å². The normalized spacial score (nSPS) is 23.7. The summed E-state index contributed by atoms with van der Waals surface area (Å²) in [6, 6.07) is 8.14. The molecule has 0 radical (unpaired) electrons. The van der Waals surface area contributed by atoms with E-state index in [1.807, 2.05) is 17.1 Å².